The highest BCUT2D eigenvalue weighted by atomic mass is 35.5. The van der Waals surface area contributed by atoms with Crippen molar-refractivity contribution in [3.8, 4) is 0 Å². The minimum atomic E-state index is 0.0265. The van der Waals surface area contributed by atoms with Gasteiger partial charge in [0.05, 0.1) is 0 Å². The van der Waals surface area contributed by atoms with Gasteiger partial charge in [-0.25, -0.2) is 0 Å². The summed E-state index contributed by atoms with van der Waals surface area (Å²) in [5.41, 5.74) is 2.87. The van der Waals surface area contributed by atoms with Gasteiger partial charge in [-0.15, -0.1) is 0 Å². The van der Waals surface area contributed by atoms with Gasteiger partial charge < -0.3 is 4.90 Å². The third-order valence-electron chi connectivity index (χ3n) is 2.94. The van der Waals surface area contributed by atoms with Crippen LogP contribution in [0.25, 0.3) is 0 Å². The number of aryl methyl sites for hydroxylation is 1. The fourth-order valence-electron chi connectivity index (χ4n) is 1.93. The van der Waals surface area contributed by atoms with Crippen LogP contribution in [0.5, 0.6) is 0 Å². The van der Waals surface area contributed by atoms with Gasteiger partial charge in [-0.3, -0.25) is 4.79 Å². The summed E-state index contributed by atoms with van der Waals surface area (Å²) in [6.07, 6.45) is 0. The van der Waals surface area contributed by atoms with Gasteiger partial charge >= 0.3 is 0 Å². The molecule has 0 fully saturated rings. The summed E-state index contributed by atoms with van der Waals surface area (Å²) in [6.45, 7) is 2.56. The summed E-state index contributed by atoms with van der Waals surface area (Å²) >= 11 is 5.84. The molecule has 98 valence electrons. The molecule has 2 nitrogen and oxygen atoms in total. The lowest BCUT2D eigenvalue weighted by atomic mass is 10.1. The number of hydrogen-bond donors (Lipinski definition) is 0. The SMILES string of the molecule is Cc1cccc(C(=O)N(C)Cc2ccc(Cl)cc2)c1. The molecule has 2 aromatic rings. The van der Waals surface area contributed by atoms with Crippen molar-refractivity contribution >= 4 is 17.5 Å². The topological polar surface area (TPSA) is 20.3 Å². The van der Waals surface area contributed by atoms with E-state index in [4.69, 9.17) is 11.6 Å². The molecule has 0 bridgehead atoms. The van der Waals surface area contributed by atoms with Crippen molar-refractivity contribution < 1.29 is 4.79 Å². The standard InChI is InChI=1S/C16H16ClNO/c1-12-4-3-5-14(10-12)16(19)18(2)11-13-6-8-15(17)9-7-13/h3-10H,11H2,1-2H3. The highest BCUT2D eigenvalue weighted by Crippen LogP contribution is 2.13. The third-order valence-corrected chi connectivity index (χ3v) is 3.20. The van der Waals surface area contributed by atoms with Crippen LogP contribution in [0.4, 0.5) is 0 Å². The summed E-state index contributed by atoms with van der Waals surface area (Å²) < 4.78 is 0. The lowest BCUT2D eigenvalue weighted by Crippen LogP contribution is -2.26. The van der Waals surface area contributed by atoms with Crippen LogP contribution in [-0.4, -0.2) is 17.9 Å². The van der Waals surface area contributed by atoms with E-state index in [9.17, 15) is 4.79 Å². The van der Waals surface area contributed by atoms with E-state index in [1.807, 2.05) is 55.5 Å². The minimum Gasteiger partial charge on any atom is -0.337 e. The second kappa shape index (κ2) is 5.89. The predicted molar refractivity (Wildman–Crippen MR) is 78.4 cm³/mol. The first kappa shape index (κ1) is 13.6. The van der Waals surface area contributed by atoms with Crippen LogP contribution >= 0.6 is 11.6 Å². The molecule has 0 aliphatic carbocycles. The molecule has 0 heterocycles. The molecule has 0 unspecified atom stereocenters. The monoisotopic (exact) mass is 273 g/mol. The fourth-order valence-corrected chi connectivity index (χ4v) is 2.06. The van der Waals surface area contributed by atoms with Crippen LogP contribution < -0.4 is 0 Å². The highest BCUT2D eigenvalue weighted by molar-refractivity contribution is 6.30. The summed E-state index contributed by atoms with van der Waals surface area (Å²) in [6, 6.07) is 15.2. The maximum Gasteiger partial charge on any atom is 0.253 e. The predicted octanol–water partition coefficient (Wildman–Crippen LogP) is 3.92. The lowest BCUT2D eigenvalue weighted by Gasteiger charge is -2.17. The Morgan fingerprint density at radius 3 is 2.47 bits per heavy atom. The number of amides is 1. The molecule has 0 radical (unpaired) electrons. The maximum absolute atomic E-state index is 12.3. The average Bonchev–Trinajstić information content (AvgIpc) is 2.40. The van der Waals surface area contributed by atoms with Crippen molar-refractivity contribution in [2.45, 2.75) is 13.5 Å². The third kappa shape index (κ3) is 3.58. The van der Waals surface area contributed by atoms with Crippen LogP contribution in [0.15, 0.2) is 48.5 Å². The zero-order chi connectivity index (χ0) is 13.8. The molecule has 0 aromatic heterocycles. The summed E-state index contributed by atoms with van der Waals surface area (Å²) in [7, 11) is 1.80. The molecular formula is C16H16ClNO. The van der Waals surface area contributed by atoms with Gasteiger partial charge in [0, 0.05) is 24.2 Å². The quantitative estimate of drug-likeness (QED) is 0.830. The van der Waals surface area contributed by atoms with Crippen molar-refractivity contribution in [1.82, 2.24) is 4.90 Å². The molecule has 0 spiro atoms. The van der Waals surface area contributed by atoms with E-state index < -0.39 is 0 Å². The van der Waals surface area contributed by atoms with Gasteiger partial charge in [0.15, 0.2) is 0 Å². The van der Waals surface area contributed by atoms with Gasteiger partial charge in [-0.05, 0) is 36.8 Å². The van der Waals surface area contributed by atoms with Crippen molar-refractivity contribution in [1.29, 1.82) is 0 Å². The van der Waals surface area contributed by atoms with Crippen molar-refractivity contribution in [2.75, 3.05) is 7.05 Å². The van der Waals surface area contributed by atoms with Gasteiger partial charge in [0.2, 0.25) is 0 Å². The van der Waals surface area contributed by atoms with E-state index in [-0.39, 0.29) is 5.91 Å². The molecule has 0 saturated carbocycles. The Labute approximate surface area is 118 Å². The lowest BCUT2D eigenvalue weighted by molar-refractivity contribution is 0.0785. The first-order valence-corrected chi connectivity index (χ1v) is 6.50. The molecular weight excluding hydrogens is 258 g/mol. The maximum atomic E-state index is 12.3. The van der Waals surface area contributed by atoms with E-state index in [0.29, 0.717) is 11.6 Å². The smallest absolute Gasteiger partial charge is 0.253 e. The van der Waals surface area contributed by atoms with Gasteiger partial charge in [0.1, 0.15) is 0 Å². The van der Waals surface area contributed by atoms with Gasteiger partial charge in [-0.2, -0.15) is 0 Å². The molecule has 19 heavy (non-hydrogen) atoms. The normalized spacial score (nSPS) is 10.3. The molecule has 0 N–H and O–H groups in total. The Morgan fingerprint density at radius 2 is 1.84 bits per heavy atom. The van der Waals surface area contributed by atoms with Crippen LogP contribution in [-0.2, 0) is 6.54 Å². The first-order chi connectivity index (χ1) is 9.06. The fraction of sp³-hybridized carbons (Fsp3) is 0.188. The molecule has 2 rings (SSSR count). The Bertz CT molecular complexity index is 578. The van der Waals surface area contributed by atoms with E-state index in [1.165, 1.54) is 0 Å². The largest absolute Gasteiger partial charge is 0.337 e. The number of rotatable bonds is 3. The van der Waals surface area contributed by atoms with E-state index in [0.717, 1.165) is 16.7 Å². The van der Waals surface area contributed by atoms with Crippen LogP contribution in [0, 0.1) is 6.92 Å². The molecule has 2 aromatic carbocycles. The number of carbonyl (C=O) groups excluding carboxylic acids is 1. The number of nitrogens with zero attached hydrogens (tertiary/aromatic N) is 1. The van der Waals surface area contributed by atoms with Gasteiger partial charge in [0.25, 0.3) is 5.91 Å². The second-order valence-corrected chi connectivity index (χ2v) is 5.09. The summed E-state index contributed by atoms with van der Waals surface area (Å²) in [5.74, 6) is 0.0265. The Balaban J connectivity index is 2.09. The zero-order valence-electron chi connectivity index (χ0n) is 11.1. The highest BCUT2D eigenvalue weighted by Gasteiger charge is 2.11. The second-order valence-electron chi connectivity index (χ2n) is 4.66. The summed E-state index contributed by atoms with van der Waals surface area (Å²) in [4.78, 5) is 14.0. The molecule has 0 aliphatic rings. The van der Waals surface area contributed by atoms with Crippen LogP contribution in [0.3, 0.4) is 0 Å². The van der Waals surface area contributed by atoms with Crippen molar-refractivity contribution in [2.24, 2.45) is 0 Å². The molecule has 3 heteroatoms. The van der Waals surface area contributed by atoms with Crippen LogP contribution in [0.2, 0.25) is 5.02 Å². The molecule has 0 saturated heterocycles. The minimum absolute atomic E-state index is 0.0265. The number of halogens is 1. The van der Waals surface area contributed by atoms with E-state index >= 15 is 0 Å². The van der Waals surface area contributed by atoms with E-state index in [2.05, 4.69) is 0 Å². The van der Waals surface area contributed by atoms with Gasteiger partial charge in [-0.1, -0.05) is 41.4 Å². The molecule has 0 atom stereocenters. The average molecular weight is 274 g/mol. The number of carbonyl (C=O) groups is 1. The number of hydrogen-bond acceptors (Lipinski definition) is 1. The summed E-state index contributed by atoms with van der Waals surface area (Å²) in [5, 5.41) is 0.705. The Morgan fingerprint density at radius 1 is 1.16 bits per heavy atom. The number of benzene rings is 2. The Hall–Kier alpha value is -1.80. The van der Waals surface area contributed by atoms with Crippen LogP contribution in [0.1, 0.15) is 21.5 Å². The zero-order valence-corrected chi connectivity index (χ0v) is 11.8. The Kier molecular flexibility index (Phi) is 4.23. The van der Waals surface area contributed by atoms with Crippen molar-refractivity contribution in [3.63, 3.8) is 0 Å². The first-order valence-electron chi connectivity index (χ1n) is 6.13. The molecule has 0 aliphatic heterocycles. The van der Waals surface area contributed by atoms with Crippen molar-refractivity contribution in [3.05, 3.63) is 70.2 Å². The van der Waals surface area contributed by atoms with E-state index in [1.54, 1.807) is 11.9 Å². The molecule has 1 amide bonds.